The van der Waals surface area contributed by atoms with Gasteiger partial charge in [-0.2, -0.15) is 10.2 Å². The molecule has 8 nitrogen and oxygen atoms in total. The fourth-order valence-electron chi connectivity index (χ4n) is 4.29. The van der Waals surface area contributed by atoms with Crippen LogP contribution >= 0.6 is 0 Å². The molecule has 0 saturated carbocycles. The number of rotatable bonds is 4. The van der Waals surface area contributed by atoms with E-state index in [0.29, 0.717) is 12.5 Å². The van der Waals surface area contributed by atoms with E-state index in [9.17, 15) is 0 Å². The lowest BCUT2D eigenvalue weighted by Gasteiger charge is -2.23. The third-order valence-electron chi connectivity index (χ3n) is 5.74. The Morgan fingerprint density at radius 3 is 2.93 bits per heavy atom. The summed E-state index contributed by atoms with van der Waals surface area (Å²) < 4.78 is 4.04. The average Bonchev–Trinajstić information content (AvgIpc) is 3.34. The highest BCUT2D eigenvalue weighted by Crippen LogP contribution is 2.33. The van der Waals surface area contributed by atoms with E-state index >= 15 is 0 Å². The summed E-state index contributed by atoms with van der Waals surface area (Å²) >= 11 is 0. The van der Waals surface area contributed by atoms with Gasteiger partial charge in [0.25, 0.3) is 0 Å². The molecule has 0 spiro atoms. The van der Waals surface area contributed by atoms with Crippen LogP contribution in [0.3, 0.4) is 0 Å². The SMILES string of the molecule is Cc1nn(C2CCONO2)c2cccc(-c3cnn(CC4CCNCC4)c3)c12. The molecular weight excluding hydrogens is 356 g/mol. The van der Waals surface area contributed by atoms with Gasteiger partial charge in [-0.15, -0.1) is 0 Å². The summed E-state index contributed by atoms with van der Waals surface area (Å²) in [7, 11) is 0. The summed E-state index contributed by atoms with van der Waals surface area (Å²) in [5, 5.41) is 14.0. The third kappa shape index (κ3) is 3.33. The van der Waals surface area contributed by atoms with E-state index in [0.717, 1.165) is 53.8 Å². The van der Waals surface area contributed by atoms with E-state index in [4.69, 9.17) is 14.8 Å². The number of piperidine rings is 1. The maximum atomic E-state index is 5.53. The van der Waals surface area contributed by atoms with Crippen LogP contribution in [0.1, 0.15) is 31.2 Å². The van der Waals surface area contributed by atoms with Crippen LogP contribution in [0.4, 0.5) is 0 Å². The average molecular weight is 382 g/mol. The molecule has 1 unspecified atom stereocenters. The van der Waals surface area contributed by atoms with Crippen LogP contribution in [0.2, 0.25) is 0 Å². The lowest BCUT2D eigenvalue weighted by molar-refractivity contribution is -0.261. The van der Waals surface area contributed by atoms with Gasteiger partial charge in [-0.25, -0.2) is 9.52 Å². The molecule has 3 aromatic rings. The minimum absolute atomic E-state index is 0.178. The number of nitrogens with one attached hydrogen (secondary N) is 2. The molecule has 1 atom stereocenters. The second-order valence-electron chi connectivity index (χ2n) is 7.67. The number of aromatic nitrogens is 4. The van der Waals surface area contributed by atoms with Crippen molar-refractivity contribution >= 4 is 10.9 Å². The quantitative estimate of drug-likeness (QED) is 0.722. The second kappa shape index (κ2) is 7.63. The standard InChI is InChI=1S/C20H26N6O2/c1-14-20-17(16-11-22-25(13-16)12-15-5-8-21-9-6-15)3-2-4-18(20)26(23-14)19-7-10-27-24-28-19/h2-4,11,13,15,19,21,24H,5-10,12H2,1H3. The normalized spacial score (nSPS) is 21.4. The molecule has 2 fully saturated rings. The molecule has 0 bridgehead atoms. The first-order chi connectivity index (χ1) is 13.8. The Morgan fingerprint density at radius 2 is 2.11 bits per heavy atom. The molecular formula is C20H26N6O2. The maximum Gasteiger partial charge on any atom is 0.176 e. The Morgan fingerprint density at radius 1 is 1.21 bits per heavy atom. The summed E-state index contributed by atoms with van der Waals surface area (Å²) in [6.45, 7) is 5.85. The van der Waals surface area contributed by atoms with E-state index < -0.39 is 0 Å². The van der Waals surface area contributed by atoms with E-state index in [1.807, 2.05) is 10.9 Å². The van der Waals surface area contributed by atoms with E-state index in [1.165, 1.54) is 12.8 Å². The van der Waals surface area contributed by atoms with Gasteiger partial charge in [0.2, 0.25) is 0 Å². The predicted octanol–water partition coefficient (Wildman–Crippen LogP) is 2.56. The van der Waals surface area contributed by atoms with Crippen LogP contribution in [0.15, 0.2) is 30.6 Å². The fourth-order valence-corrected chi connectivity index (χ4v) is 4.29. The van der Waals surface area contributed by atoms with Crippen molar-refractivity contribution in [1.29, 1.82) is 0 Å². The molecule has 28 heavy (non-hydrogen) atoms. The summed E-state index contributed by atoms with van der Waals surface area (Å²) in [6.07, 6.45) is 7.15. The number of aryl methyl sites for hydroxylation is 1. The van der Waals surface area contributed by atoms with Gasteiger partial charge < -0.3 is 5.32 Å². The van der Waals surface area contributed by atoms with Crippen LogP contribution in [0.25, 0.3) is 22.0 Å². The highest BCUT2D eigenvalue weighted by Gasteiger charge is 2.22. The minimum Gasteiger partial charge on any atom is -0.317 e. The largest absolute Gasteiger partial charge is 0.317 e. The van der Waals surface area contributed by atoms with Crippen molar-refractivity contribution in [2.75, 3.05) is 19.7 Å². The Bertz CT molecular complexity index is 953. The van der Waals surface area contributed by atoms with Crippen LogP contribution in [-0.4, -0.2) is 39.3 Å². The topological polar surface area (TPSA) is 78.2 Å². The van der Waals surface area contributed by atoms with Crippen molar-refractivity contribution in [2.24, 2.45) is 5.92 Å². The van der Waals surface area contributed by atoms with Crippen LogP contribution in [0.5, 0.6) is 0 Å². The molecule has 2 aliphatic rings. The first-order valence-electron chi connectivity index (χ1n) is 10.0. The number of nitrogens with zero attached hydrogens (tertiary/aromatic N) is 4. The zero-order valence-corrected chi connectivity index (χ0v) is 16.1. The predicted molar refractivity (Wildman–Crippen MR) is 105 cm³/mol. The molecule has 0 aliphatic carbocycles. The summed E-state index contributed by atoms with van der Waals surface area (Å²) in [5.41, 5.74) is 6.87. The molecule has 5 rings (SSSR count). The second-order valence-corrected chi connectivity index (χ2v) is 7.67. The van der Waals surface area contributed by atoms with E-state index in [1.54, 1.807) is 0 Å². The van der Waals surface area contributed by atoms with Crippen molar-refractivity contribution in [3.8, 4) is 11.1 Å². The van der Waals surface area contributed by atoms with Gasteiger partial charge >= 0.3 is 0 Å². The van der Waals surface area contributed by atoms with Crippen molar-refractivity contribution in [1.82, 2.24) is 30.5 Å². The highest BCUT2D eigenvalue weighted by atomic mass is 16.9. The summed E-state index contributed by atoms with van der Waals surface area (Å²) in [6, 6.07) is 6.32. The fraction of sp³-hybridized carbons (Fsp3) is 0.500. The monoisotopic (exact) mass is 382 g/mol. The van der Waals surface area contributed by atoms with Crippen molar-refractivity contribution in [2.45, 2.75) is 39.0 Å². The summed E-state index contributed by atoms with van der Waals surface area (Å²) in [4.78, 5) is 10.6. The first kappa shape index (κ1) is 17.8. The molecule has 8 heteroatoms. The molecule has 2 aliphatic heterocycles. The molecule has 2 saturated heterocycles. The van der Waals surface area contributed by atoms with Gasteiger partial charge in [-0.3, -0.25) is 9.52 Å². The van der Waals surface area contributed by atoms with Crippen LogP contribution in [-0.2, 0) is 16.2 Å². The summed E-state index contributed by atoms with van der Waals surface area (Å²) in [5.74, 6) is 0.701. The van der Waals surface area contributed by atoms with Crippen LogP contribution < -0.4 is 11.0 Å². The Hall–Kier alpha value is -2.26. The van der Waals surface area contributed by atoms with Gasteiger partial charge in [0, 0.05) is 30.1 Å². The minimum atomic E-state index is -0.178. The lowest BCUT2D eigenvalue weighted by atomic mass is 9.98. The molecule has 2 aromatic heterocycles. The van der Waals surface area contributed by atoms with E-state index in [2.05, 4.69) is 52.1 Å². The smallest absolute Gasteiger partial charge is 0.176 e. The zero-order valence-electron chi connectivity index (χ0n) is 16.1. The van der Waals surface area contributed by atoms with Crippen LogP contribution in [0, 0.1) is 12.8 Å². The maximum absolute atomic E-state index is 5.53. The molecule has 0 radical (unpaired) electrons. The zero-order chi connectivity index (χ0) is 18.9. The Kier molecular flexibility index (Phi) is 4.86. The van der Waals surface area contributed by atoms with Gasteiger partial charge in [0.1, 0.15) is 0 Å². The van der Waals surface area contributed by atoms with Gasteiger partial charge in [-0.05, 0) is 50.4 Å². The van der Waals surface area contributed by atoms with Crippen molar-refractivity contribution < 1.29 is 9.68 Å². The molecule has 1 aromatic carbocycles. The number of benzene rings is 1. The third-order valence-corrected chi connectivity index (χ3v) is 5.74. The van der Waals surface area contributed by atoms with E-state index in [-0.39, 0.29) is 6.23 Å². The van der Waals surface area contributed by atoms with Crippen molar-refractivity contribution in [3.63, 3.8) is 0 Å². The number of hydrogen-bond donors (Lipinski definition) is 2. The van der Waals surface area contributed by atoms with Gasteiger partial charge in [0.15, 0.2) is 6.23 Å². The molecule has 148 valence electrons. The molecule has 0 amide bonds. The lowest BCUT2D eigenvalue weighted by Crippen LogP contribution is -2.30. The molecule has 4 heterocycles. The number of hydrogen-bond acceptors (Lipinski definition) is 6. The first-order valence-corrected chi connectivity index (χ1v) is 10.0. The Labute approximate surface area is 163 Å². The number of fused-ring (bicyclic) bond motifs is 1. The van der Waals surface area contributed by atoms with Gasteiger partial charge in [0.05, 0.1) is 24.0 Å². The van der Waals surface area contributed by atoms with Crippen molar-refractivity contribution in [3.05, 3.63) is 36.3 Å². The Balaban J connectivity index is 1.47. The highest BCUT2D eigenvalue weighted by molar-refractivity contribution is 5.96. The van der Waals surface area contributed by atoms with Gasteiger partial charge in [-0.1, -0.05) is 17.8 Å². The molecule has 2 N–H and O–H groups in total.